The highest BCUT2D eigenvalue weighted by molar-refractivity contribution is 6.05. The fourth-order valence-corrected chi connectivity index (χ4v) is 4.01. The Morgan fingerprint density at radius 1 is 0.941 bits per heavy atom. The maximum Gasteiger partial charge on any atom is 0.248 e. The summed E-state index contributed by atoms with van der Waals surface area (Å²) in [6.07, 6.45) is 3.31. The Morgan fingerprint density at radius 2 is 1.65 bits per heavy atom. The van der Waals surface area contributed by atoms with Crippen LogP contribution in [-0.2, 0) is 4.79 Å². The molecule has 0 radical (unpaired) electrons. The van der Waals surface area contributed by atoms with Crippen molar-refractivity contribution in [3.63, 3.8) is 0 Å². The molecular weight excluding hydrogens is 426 g/mol. The molecule has 0 unspecified atom stereocenters. The molecule has 0 fully saturated rings. The number of allylic oxidation sites excluding steroid dienone is 1. The molecule has 1 aromatic heterocycles. The average Bonchev–Trinajstić information content (AvgIpc) is 3.26. The van der Waals surface area contributed by atoms with E-state index in [2.05, 4.69) is 19.2 Å². The first-order valence-electron chi connectivity index (χ1n) is 11.2. The summed E-state index contributed by atoms with van der Waals surface area (Å²) in [7, 11) is 3.26. The highest BCUT2D eigenvalue weighted by Crippen LogP contribution is 2.40. The molecule has 4 aromatic rings. The molecule has 0 saturated heterocycles. The summed E-state index contributed by atoms with van der Waals surface area (Å²) in [6, 6.07) is 19.6. The Balaban J connectivity index is 1.68. The van der Waals surface area contributed by atoms with Gasteiger partial charge in [-0.05, 0) is 48.2 Å². The molecule has 0 aliphatic rings. The van der Waals surface area contributed by atoms with E-state index in [1.165, 1.54) is 5.56 Å². The number of methoxy groups -OCH3 is 2. The first-order valence-corrected chi connectivity index (χ1v) is 11.2. The largest absolute Gasteiger partial charge is 0.496 e. The van der Waals surface area contributed by atoms with Gasteiger partial charge in [-0.15, -0.1) is 0 Å². The number of anilines is 1. The maximum atomic E-state index is 12.7. The minimum atomic E-state index is -0.200. The number of carbonyl (C=O) groups is 1. The van der Waals surface area contributed by atoms with Crippen molar-refractivity contribution in [1.82, 2.24) is 0 Å². The third-order valence-corrected chi connectivity index (χ3v) is 5.91. The van der Waals surface area contributed by atoms with Crippen LogP contribution in [0.3, 0.4) is 0 Å². The summed E-state index contributed by atoms with van der Waals surface area (Å²) in [4.78, 5) is 12.7. The predicted molar refractivity (Wildman–Crippen MR) is 138 cm³/mol. The third kappa shape index (κ3) is 4.69. The van der Waals surface area contributed by atoms with Gasteiger partial charge in [0.1, 0.15) is 17.1 Å². The molecule has 1 amide bonds. The van der Waals surface area contributed by atoms with Crippen LogP contribution in [0.1, 0.15) is 37.8 Å². The molecule has 0 atom stereocenters. The minimum absolute atomic E-state index is 0.200. The van der Waals surface area contributed by atoms with Crippen LogP contribution in [-0.4, -0.2) is 20.1 Å². The molecule has 0 aliphatic carbocycles. The number of hydrogen-bond donors (Lipinski definition) is 1. The van der Waals surface area contributed by atoms with Crippen LogP contribution < -0.4 is 14.8 Å². The molecule has 0 bridgehead atoms. The SMILES string of the molecule is COc1cc2occ(-c3ccccc3OC)c2cc1/C(C)=C/C(=O)Nc1ccc(C(C)C)cc1. The highest BCUT2D eigenvalue weighted by atomic mass is 16.5. The summed E-state index contributed by atoms with van der Waals surface area (Å²) in [5.41, 5.74) is 6.13. The number of hydrogen-bond acceptors (Lipinski definition) is 4. The zero-order valence-electron chi connectivity index (χ0n) is 20.1. The van der Waals surface area contributed by atoms with Gasteiger partial charge in [0.25, 0.3) is 0 Å². The Hall–Kier alpha value is -3.99. The smallest absolute Gasteiger partial charge is 0.248 e. The summed E-state index contributed by atoms with van der Waals surface area (Å²) in [5.74, 6) is 1.64. The molecule has 0 saturated carbocycles. The number of furan rings is 1. The van der Waals surface area contributed by atoms with Gasteiger partial charge < -0.3 is 19.2 Å². The zero-order chi connectivity index (χ0) is 24.2. The lowest BCUT2D eigenvalue weighted by Crippen LogP contribution is -2.08. The van der Waals surface area contributed by atoms with Gasteiger partial charge in [-0.25, -0.2) is 0 Å². The lowest BCUT2D eigenvalue weighted by atomic mass is 9.98. The standard InChI is InChI=1S/C29H29NO4/c1-18(2)20-10-12-21(13-11-20)30-29(31)14-19(3)23-15-24-25(17-34-28(24)16-27(23)33-5)22-8-6-7-9-26(22)32-4/h6-18H,1-5H3,(H,30,31)/b19-14+. The van der Waals surface area contributed by atoms with Crippen molar-refractivity contribution in [3.8, 4) is 22.6 Å². The van der Waals surface area contributed by atoms with E-state index in [1.807, 2.05) is 67.6 Å². The first kappa shape index (κ1) is 23.2. The molecule has 4 rings (SSSR count). The molecule has 34 heavy (non-hydrogen) atoms. The fourth-order valence-electron chi connectivity index (χ4n) is 4.01. The van der Waals surface area contributed by atoms with Crippen molar-refractivity contribution in [2.24, 2.45) is 0 Å². The van der Waals surface area contributed by atoms with Gasteiger partial charge in [-0.3, -0.25) is 4.79 Å². The molecule has 174 valence electrons. The Bertz CT molecular complexity index is 1350. The number of amides is 1. The average molecular weight is 456 g/mol. The molecule has 1 N–H and O–H groups in total. The number of nitrogens with one attached hydrogen (secondary N) is 1. The van der Waals surface area contributed by atoms with Gasteiger partial charge in [-0.1, -0.05) is 44.2 Å². The topological polar surface area (TPSA) is 60.7 Å². The van der Waals surface area contributed by atoms with Crippen LogP contribution in [0.4, 0.5) is 5.69 Å². The fraction of sp³-hybridized carbons (Fsp3) is 0.207. The summed E-state index contributed by atoms with van der Waals surface area (Å²) in [6.45, 7) is 6.18. The predicted octanol–water partition coefficient (Wildman–Crippen LogP) is 7.28. The van der Waals surface area contributed by atoms with Crippen LogP contribution in [0.25, 0.3) is 27.7 Å². The second-order valence-corrected chi connectivity index (χ2v) is 8.49. The molecule has 3 aromatic carbocycles. The summed E-state index contributed by atoms with van der Waals surface area (Å²) < 4.78 is 17.0. The third-order valence-electron chi connectivity index (χ3n) is 5.91. The quantitative estimate of drug-likeness (QED) is 0.297. The maximum absolute atomic E-state index is 12.7. The van der Waals surface area contributed by atoms with Crippen LogP contribution >= 0.6 is 0 Å². The van der Waals surface area contributed by atoms with E-state index < -0.39 is 0 Å². The summed E-state index contributed by atoms with van der Waals surface area (Å²) in [5, 5.41) is 3.85. The van der Waals surface area contributed by atoms with E-state index in [4.69, 9.17) is 13.9 Å². The lowest BCUT2D eigenvalue weighted by Gasteiger charge is -2.11. The van der Waals surface area contributed by atoms with Crippen LogP contribution in [0.5, 0.6) is 11.5 Å². The van der Waals surface area contributed by atoms with Crippen molar-refractivity contribution >= 4 is 28.1 Å². The monoisotopic (exact) mass is 455 g/mol. The number of ether oxygens (including phenoxy) is 2. The first-order chi connectivity index (χ1) is 16.4. The number of benzene rings is 3. The van der Waals surface area contributed by atoms with Gasteiger partial charge in [0, 0.05) is 39.9 Å². The van der Waals surface area contributed by atoms with Gasteiger partial charge in [0.2, 0.25) is 5.91 Å². The van der Waals surface area contributed by atoms with Crippen molar-refractivity contribution in [2.45, 2.75) is 26.7 Å². The van der Waals surface area contributed by atoms with Crippen molar-refractivity contribution < 1.29 is 18.7 Å². The normalized spacial score (nSPS) is 11.6. The van der Waals surface area contributed by atoms with Crippen LogP contribution in [0.2, 0.25) is 0 Å². The molecule has 5 heteroatoms. The van der Waals surface area contributed by atoms with Gasteiger partial charge in [0.05, 0.1) is 20.5 Å². The van der Waals surface area contributed by atoms with Gasteiger partial charge in [0.15, 0.2) is 0 Å². The van der Waals surface area contributed by atoms with E-state index >= 15 is 0 Å². The minimum Gasteiger partial charge on any atom is -0.496 e. The Labute approximate surface area is 200 Å². The van der Waals surface area contributed by atoms with Crippen LogP contribution in [0, 0.1) is 0 Å². The molecular formula is C29H29NO4. The molecule has 0 aliphatic heterocycles. The molecule has 1 heterocycles. The highest BCUT2D eigenvalue weighted by Gasteiger charge is 2.17. The van der Waals surface area contributed by atoms with Gasteiger partial charge in [-0.2, -0.15) is 0 Å². The molecule has 0 spiro atoms. The van der Waals surface area contributed by atoms with E-state index in [9.17, 15) is 4.79 Å². The van der Waals surface area contributed by atoms with Crippen molar-refractivity contribution in [2.75, 3.05) is 19.5 Å². The van der Waals surface area contributed by atoms with Gasteiger partial charge >= 0.3 is 0 Å². The Kier molecular flexibility index (Phi) is 6.73. The summed E-state index contributed by atoms with van der Waals surface area (Å²) >= 11 is 0. The second kappa shape index (κ2) is 9.87. The van der Waals surface area contributed by atoms with Crippen LogP contribution in [0.15, 0.2) is 77.4 Å². The number of fused-ring (bicyclic) bond motifs is 1. The van der Waals surface area contributed by atoms with E-state index in [-0.39, 0.29) is 5.91 Å². The number of para-hydroxylation sites is 1. The van der Waals surface area contributed by atoms with E-state index in [0.29, 0.717) is 17.3 Å². The van der Waals surface area contributed by atoms with E-state index in [1.54, 1.807) is 26.6 Å². The number of rotatable bonds is 7. The van der Waals surface area contributed by atoms with Crippen molar-refractivity contribution in [3.05, 3.63) is 84.1 Å². The lowest BCUT2D eigenvalue weighted by molar-refractivity contribution is -0.111. The second-order valence-electron chi connectivity index (χ2n) is 8.49. The zero-order valence-corrected chi connectivity index (χ0v) is 20.1. The number of carbonyl (C=O) groups excluding carboxylic acids is 1. The Morgan fingerprint density at radius 3 is 2.32 bits per heavy atom. The van der Waals surface area contributed by atoms with Crippen molar-refractivity contribution in [1.29, 1.82) is 0 Å². The molecule has 5 nitrogen and oxygen atoms in total. The van der Waals surface area contributed by atoms with E-state index in [0.717, 1.165) is 39.1 Å².